The Hall–Kier alpha value is -2.40. The quantitative estimate of drug-likeness (QED) is 0.746. The van der Waals surface area contributed by atoms with E-state index in [2.05, 4.69) is 0 Å². The van der Waals surface area contributed by atoms with E-state index in [0.717, 1.165) is 17.3 Å². The van der Waals surface area contributed by atoms with Crippen molar-refractivity contribution in [2.24, 2.45) is 0 Å². The third-order valence-electron chi connectivity index (χ3n) is 3.11. The first kappa shape index (κ1) is 13.6. The molecule has 0 amide bonds. The largest absolute Gasteiger partial charge is 0.494 e. The molecule has 0 atom stereocenters. The van der Waals surface area contributed by atoms with Crippen LogP contribution in [0.1, 0.15) is 17.3 Å². The minimum atomic E-state index is -0.207. The van der Waals surface area contributed by atoms with Crippen LogP contribution in [0.15, 0.2) is 53.3 Å². The van der Waals surface area contributed by atoms with E-state index in [1.54, 1.807) is 42.5 Å². The molecule has 3 aromatic rings. The first-order valence-electron chi connectivity index (χ1n) is 6.59. The first-order chi connectivity index (χ1) is 10.2. The molecular weight excluding hydrogens is 286 g/mol. The molecule has 4 nitrogen and oxygen atoms in total. The number of carbonyl (C=O) groups excluding carboxylic acids is 1. The van der Waals surface area contributed by atoms with Crippen molar-refractivity contribution in [3.8, 4) is 5.75 Å². The van der Waals surface area contributed by atoms with Crippen molar-refractivity contribution in [2.45, 2.75) is 6.92 Å². The van der Waals surface area contributed by atoms with Crippen LogP contribution in [0.2, 0.25) is 0 Å². The number of carbonyl (C=O) groups is 1. The van der Waals surface area contributed by atoms with Gasteiger partial charge in [-0.1, -0.05) is 12.1 Å². The second-order valence-corrected chi connectivity index (χ2v) is 5.37. The third kappa shape index (κ3) is 2.48. The van der Waals surface area contributed by atoms with Crippen molar-refractivity contribution in [1.29, 1.82) is 0 Å². The van der Waals surface area contributed by atoms with Crippen LogP contribution in [-0.4, -0.2) is 16.5 Å². The number of nitrogens with zero attached hydrogens (tertiary/aromatic N) is 1. The van der Waals surface area contributed by atoms with Gasteiger partial charge in [0.05, 0.1) is 17.5 Å². The van der Waals surface area contributed by atoms with Gasteiger partial charge in [-0.3, -0.25) is 9.59 Å². The number of para-hydroxylation sites is 1. The lowest BCUT2D eigenvalue weighted by Gasteiger charge is -2.05. The van der Waals surface area contributed by atoms with Crippen LogP contribution in [-0.2, 0) is 0 Å². The van der Waals surface area contributed by atoms with Gasteiger partial charge in [0.25, 0.3) is 10.6 Å². The Kier molecular flexibility index (Phi) is 3.58. The summed E-state index contributed by atoms with van der Waals surface area (Å²) in [4.78, 5) is 24.4. The average molecular weight is 299 g/mol. The Morgan fingerprint density at radius 3 is 2.57 bits per heavy atom. The summed E-state index contributed by atoms with van der Waals surface area (Å²) in [5, 5.41) is 0.571. The summed E-state index contributed by atoms with van der Waals surface area (Å²) in [5.74, 6) is 0.515. The van der Waals surface area contributed by atoms with E-state index < -0.39 is 0 Å². The van der Waals surface area contributed by atoms with Crippen LogP contribution in [0.4, 0.5) is 0 Å². The lowest BCUT2D eigenvalue weighted by molar-refractivity contribution is 0.0975. The molecule has 0 bridgehead atoms. The molecule has 0 saturated heterocycles. The Morgan fingerprint density at radius 1 is 1.14 bits per heavy atom. The van der Waals surface area contributed by atoms with Gasteiger partial charge in [0.15, 0.2) is 0 Å². The topological polar surface area (TPSA) is 48.3 Å². The Labute approximate surface area is 125 Å². The zero-order chi connectivity index (χ0) is 14.8. The minimum absolute atomic E-state index is 0.107. The van der Waals surface area contributed by atoms with E-state index >= 15 is 0 Å². The van der Waals surface area contributed by atoms with Crippen LogP contribution in [0.3, 0.4) is 0 Å². The predicted octanol–water partition coefficient (Wildman–Crippen LogP) is 3.15. The van der Waals surface area contributed by atoms with Crippen molar-refractivity contribution in [2.75, 3.05) is 6.61 Å². The molecule has 1 aromatic heterocycles. The molecule has 106 valence electrons. The smallest absolute Gasteiger partial charge is 0.271 e. The van der Waals surface area contributed by atoms with Gasteiger partial charge in [-0.15, -0.1) is 0 Å². The van der Waals surface area contributed by atoms with Crippen LogP contribution >= 0.6 is 11.5 Å². The van der Waals surface area contributed by atoms with E-state index in [4.69, 9.17) is 4.74 Å². The average Bonchev–Trinajstić information content (AvgIpc) is 2.85. The fourth-order valence-electron chi connectivity index (χ4n) is 2.13. The van der Waals surface area contributed by atoms with Gasteiger partial charge in [0, 0.05) is 5.56 Å². The molecule has 0 aliphatic heterocycles. The fourth-order valence-corrected chi connectivity index (χ4v) is 3.02. The summed E-state index contributed by atoms with van der Waals surface area (Å²) in [7, 11) is 0. The Morgan fingerprint density at radius 2 is 1.86 bits per heavy atom. The van der Waals surface area contributed by atoms with E-state index in [1.165, 1.54) is 3.96 Å². The molecule has 2 aromatic carbocycles. The monoisotopic (exact) mass is 299 g/mol. The summed E-state index contributed by atoms with van der Waals surface area (Å²) in [6, 6.07) is 14.0. The van der Waals surface area contributed by atoms with Crippen molar-refractivity contribution in [3.63, 3.8) is 0 Å². The maximum absolute atomic E-state index is 12.5. The molecule has 0 saturated carbocycles. The number of hydrogen-bond acceptors (Lipinski definition) is 4. The van der Waals surface area contributed by atoms with Crippen molar-refractivity contribution in [3.05, 3.63) is 63.6 Å². The molecule has 0 aliphatic rings. The van der Waals surface area contributed by atoms with Gasteiger partial charge < -0.3 is 4.74 Å². The lowest BCUT2D eigenvalue weighted by Crippen LogP contribution is -2.09. The van der Waals surface area contributed by atoms with Crippen LogP contribution in [0.25, 0.3) is 10.9 Å². The van der Waals surface area contributed by atoms with Gasteiger partial charge >= 0.3 is 0 Å². The highest BCUT2D eigenvalue weighted by atomic mass is 32.1. The fraction of sp³-hybridized carbons (Fsp3) is 0.125. The number of rotatable bonds is 3. The standard InChI is InChI=1S/C16H13NO3S/c1-2-20-12-9-7-11(8-10-12)15(18)17-14-6-4-3-5-13(14)16(19)21-17/h3-10H,2H2,1H3. The van der Waals surface area contributed by atoms with Gasteiger partial charge in [-0.05, 0) is 54.9 Å². The van der Waals surface area contributed by atoms with Crippen LogP contribution < -0.4 is 9.48 Å². The van der Waals surface area contributed by atoms with Gasteiger partial charge in [-0.2, -0.15) is 0 Å². The number of fused-ring (bicyclic) bond motifs is 1. The molecule has 0 spiro atoms. The molecule has 21 heavy (non-hydrogen) atoms. The summed E-state index contributed by atoms with van der Waals surface area (Å²) in [6.07, 6.45) is 0. The second kappa shape index (κ2) is 5.54. The van der Waals surface area contributed by atoms with Crippen LogP contribution in [0, 0.1) is 0 Å². The molecule has 0 unspecified atom stereocenters. The minimum Gasteiger partial charge on any atom is -0.494 e. The Balaban J connectivity index is 2.02. The summed E-state index contributed by atoms with van der Waals surface area (Å²) < 4.78 is 6.69. The molecule has 1 heterocycles. The predicted molar refractivity (Wildman–Crippen MR) is 83.4 cm³/mol. The van der Waals surface area contributed by atoms with E-state index in [1.807, 2.05) is 13.0 Å². The maximum Gasteiger partial charge on any atom is 0.271 e. The molecule has 0 N–H and O–H groups in total. The summed E-state index contributed by atoms with van der Waals surface area (Å²) in [5.41, 5.74) is 1.17. The van der Waals surface area contributed by atoms with Crippen molar-refractivity contribution >= 4 is 28.3 Å². The highest BCUT2D eigenvalue weighted by Gasteiger charge is 2.14. The third-order valence-corrected chi connectivity index (χ3v) is 4.04. The zero-order valence-electron chi connectivity index (χ0n) is 11.4. The van der Waals surface area contributed by atoms with Crippen LogP contribution in [0.5, 0.6) is 5.75 Å². The lowest BCUT2D eigenvalue weighted by atomic mass is 10.2. The molecule has 3 rings (SSSR count). The van der Waals surface area contributed by atoms with Gasteiger partial charge in [0.1, 0.15) is 5.75 Å². The highest BCUT2D eigenvalue weighted by Crippen LogP contribution is 2.18. The zero-order valence-corrected chi connectivity index (χ0v) is 12.2. The van der Waals surface area contributed by atoms with Crippen molar-refractivity contribution in [1.82, 2.24) is 3.96 Å². The second-order valence-electron chi connectivity index (χ2n) is 4.45. The normalized spacial score (nSPS) is 10.7. The number of benzene rings is 2. The number of ether oxygens (including phenoxy) is 1. The van der Waals surface area contributed by atoms with Gasteiger partial charge in [0.2, 0.25) is 0 Å². The first-order valence-corrected chi connectivity index (χ1v) is 7.36. The SMILES string of the molecule is CCOc1ccc(C(=O)n2sc(=O)c3ccccc32)cc1. The molecule has 5 heteroatoms. The Bertz CT molecular complexity index is 846. The van der Waals surface area contributed by atoms with E-state index in [-0.39, 0.29) is 10.6 Å². The highest BCUT2D eigenvalue weighted by molar-refractivity contribution is 7.06. The van der Waals surface area contributed by atoms with E-state index in [0.29, 0.717) is 23.1 Å². The number of aromatic nitrogens is 1. The van der Waals surface area contributed by atoms with Gasteiger partial charge in [-0.25, -0.2) is 3.96 Å². The van der Waals surface area contributed by atoms with Crippen molar-refractivity contribution < 1.29 is 9.53 Å². The van der Waals surface area contributed by atoms with E-state index in [9.17, 15) is 9.59 Å². The maximum atomic E-state index is 12.5. The number of hydrogen-bond donors (Lipinski definition) is 0. The summed E-state index contributed by atoms with van der Waals surface area (Å²) >= 11 is 0.925. The molecule has 0 radical (unpaired) electrons. The molecular formula is C16H13NO3S. The molecule has 0 aliphatic carbocycles. The summed E-state index contributed by atoms with van der Waals surface area (Å²) in [6.45, 7) is 2.49. The molecule has 0 fully saturated rings.